The molecule has 0 aliphatic carbocycles. The minimum atomic E-state index is -0.337. The number of likely N-dealkylation sites (N-methyl/N-ethyl adjacent to an activating group) is 1. The predicted molar refractivity (Wildman–Crippen MR) is 105 cm³/mol. The highest BCUT2D eigenvalue weighted by atomic mass is 19.1. The third kappa shape index (κ3) is 3.53. The van der Waals surface area contributed by atoms with Crippen LogP contribution in [0.5, 0.6) is 0 Å². The molecule has 0 N–H and O–H groups in total. The first-order valence-electron chi connectivity index (χ1n) is 9.82. The molecule has 0 aromatic heterocycles. The fourth-order valence-corrected chi connectivity index (χ4v) is 4.70. The van der Waals surface area contributed by atoms with Gasteiger partial charge in [-0.25, -0.2) is 4.39 Å². The van der Waals surface area contributed by atoms with Crippen LogP contribution in [0.25, 0.3) is 0 Å². The molecule has 0 saturated carbocycles. The number of rotatable bonds is 2. The van der Waals surface area contributed by atoms with Crippen molar-refractivity contribution in [3.05, 3.63) is 71.5 Å². The van der Waals surface area contributed by atoms with Crippen LogP contribution in [0.15, 0.2) is 54.6 Å². The summed E-state index contributed by atoms with van der Waals surface area (Å²) in [5.41, 5.74) is 1.64. The lowest BCUT2D eigenvalue weighted by atomic mass is 9.67. The van der Waals surface area contributed by atoms with Gasteiger partial charge >= 0.3 is 0 Å². The maximum absolute atomic E-state index is 13.1. The van der Waals surface area contributed by atoms with Crippen molar-refractivity contribution in [2.75, 3.05) is 26.7 Å². The first-order valence-corrected chi connectivity index (χ1v) is 9.82. The molecule has 1 unspecified atom stereocenters. The van der Waals surface area contributed by atoms with Crippen molar-refractivity contribution < 1.29 is 14.0 Å². The summed E-state index contributed by atoms with van der Waals surface area (Å²) in [6.45, 7) is 2.08. The molecule has 2 aromatic carbocycles. The zero-order chi connectivity index (χ0) is 19.7. The van der Waals surface area contributed by atoms with Crippen LogP contribution in [0.3, 0.4) is 0 Å². The number of halogens is 1. The highest BCUT2D eigenvalue weighted by Crippen LogP contribution is 2.45. The van der Waals surface area contributed by atoms with E-state index >= 15 is 0 Å². The van der Waals surface area contributed by atoms with Crippen LogP contribution in [0, 0.1) is 11.2 Å². The van der Waals surface area contributed by atoms with Crippen LogP contribution in [-0.2, 0) is 4.79 Å². The maximum atomic E-state index is 13.1. The minimum absolute atomic E-state index is 0.0444. The number of benzene rings is 2. The molecule has 5 heteroatoms. The van der Waals surface area contributed by atoms with Gasteiger partial charge in [0.25, 0.3) is 5.91 Å². The number of carbonyl (C=O) groups is 2. The number of likely N-dealkylation sites (tertiary alicyclic amines) is 2. The second kappa shape index (κ2) is 7.38. The molecule has 1 atom stereocenters. The second-order valence-corrected chi connectivity index (χ2v) is 8.16. The summed E-state index contributed by atoms with van der Waals surface area (Å²) < 4.78 is 13.1. The van der Waals surface area contributed by atoms with E-state index in [2.05, 4.69) is 0 Å². The molecule has 0 bridgehead atoms. The Bertz CT molecular complexity index is 858. The molecule has 2 aliphatic rings. The summed E-state index contributed by atoms with van der Waals surface area (Å²) in [4.78, 5) is 29.2. The van der Waals surface area contributed by atoms with E-state index in [4.69, 9.17) is 0 Å². The largest absolute Gasteiger partial charge is 0.345 e. The number of carbonyl (C=O) groups excluding carboxylic acids is 2. The molecular weight excluding hydrogens is 355 g/mol. The smallest absolute Gasteiger partial charge is 0.253 e. The summed E-state index contributed by atoms with van der Waals surface area (Å²) in [6.07, 6.45) is 2.58. The van der Waals surface area contributed by atoms with Crippen molar-refractivity contribution in [2.24, 2.45) is 5.41 Å². The van der Waals surface area contributed by atoms with Gasteiger partial charge in [0.1, 0.15) is 5.82 Å². The summed E-state index contributed by atoms with van der Waals surface area (Å²) in [5, 5.41) is 0. The zero-order valence-electron chi connectivity index (χ0n) is 16.1. The van der Waals surface area contributed by atoms with Crippen molar-refractivity contribution in [1.82, 2.24) is 9.80 Å². The Morgan fingerprint density at radius 2 is 1.68 bits per heavy atom. The normalized spacial score (nSPS) is 21.8. The van der Waals surface area contributed by atoms with E-state index in [1.165, 1.54) is 12.1 Å². The Labute approximate surface area is 164 Å². The van der Waals surface area contributed by atoms with Crippen LogP contribution >= 0.6 is 0 Å². The van der Waals surface area contributed by atoms with Gasteiger partial charge in [-0.15, -0.1) is 0 Å². The lowest BCUT2D eigenvalue weighted by molar-refractivity contribution is -0.139. The number of hydrogen-bond acceptors (Lipinski definition) is 2. The van der Waals surface area contributed by atoms with E-state index in [9.17, 15) is 14.0 Å². The standard InChI is InChI=1S/C23H25FN2O2/c1-25-16-23(15-20(22(25)28)17-5-3-2-4-6-17)11-13-26(14-12-23)21(27)18-7-9-19(24)10-8-18/h2-10,20H,11-16H2,1H3. The lowest BCUT2D eigenvalue weighted by Crippen LogP contribution is -2.53. The van der Waals surface area contributed by atoms with E-state index in [0.29, 0.717) is 18.7 Å². The van der Waals surface area contributed by atoms with Crippen molar-refractivity contribution in [3.8, 4) is 0 Å². The quantitative estimate of drug-likeness (QED) is 0.797. The van der Waals surface area contributed by atoms with Gasteiger partial charge in [0.05, 0.1) is 5.92 Å². The first kappa shape index (κ1) is 18.7. The number of amides is 2. The van der Waals surface area contributed by atoms with Crippen LogP contribution < -0.4 is 0 Å². The minimum Gasteiger partial charge on any atom is -0.345 e. The lowest BCUT2D eigenvalue weighted by Gasteiger charge is -2.49. The maximum Gasteiger partial charge on any atom is 0.253 e. The van der Waals surface area contributed by atoms with Gasteiger partial charge in [0.15, 0.2) is 0 Å². The van der Waals surface area contributed by atoms with Crippen molar-refractivity contribution >= 4 is 11.8 Å². The Morgan fingerprint density at radius 3 is 2.32 bits per heavy atom. The average molecular weight is 380 g/mol. The van der Waals surface area contributed by atoms with Gasteiger partial charge in [-0.2, -0.15) is 0 Å². The van der Waals surface area contributed by atoms with Crippen molar-refractivity contribution in [2.45, 2.75) is 25.2 Å². The Morgan fingerprint density at radius 1 is 1.04 bits per heavy atom. The van der Waals surface area contributed by atoms with Crippen molar-refractivity contribution in [3.63, 3.8) is 0 Å². The third-order valence-corrected chi connectivity index (χ3v) is 6.29. The number of piperidine rings is 2. The van der Waals surface area contributed by atoms with Gasteiger partial charge in [-0.05, 0) is 54.5 Å². The van der Waals surface area contributed by atoms with Crippen LogP contribution in [-0.4, -0.2) is 48.3 Å². The highest BCUT2D eigenvalue weighted by molar-refractivity contribution is 5.94. The van der Waals surface area contributed by atoms with Crippen LogP contribution in [0.4, 0.5) is 4.39 Å². The van der Waals surface area contributed by atoms with Gasteiger partial charge in [-0.3, -0.25) is 9.59 Å². The summed E-state index contributed by atoms with van der Waals surface area (Å²) >= 11 is 0. The molecule has 2 amide bonds. The molecule has 2 fully saturated rings. The molecule has 2 aromatic rings. The third-order valence-electron chi connectivity index (χ3n) is 6.29. The summed E-state index contributed by atoms with van der Waals surface area (Å²) in [7, 11) is 1.88. The van der Waals surface area contributed by atoms with E-state index in [0.717, 1.165) is 31.4 Å². The van der Waals surface area contributed by atoms with E-state index in [1.54, 1.807) is 12.1 Å². The topological polar surface area (TPSA) is 40.6 Å². The molecule has 2 saturated heterocycles. The van der Waals surface area contributed by atoms with Gasteiger partial charge in [0, 0.05) is 32.2 Å². The van der Waals surface area contributed by atoms with Crippen molar-refractivity contribution in [1.29, 1.82) is 0 Å². The Kier molecular flexibility index (Phi) is 4.92. The van der Waals surface area contributed by atoms with Gasteiger partial charge in [-0.1, -0.05) is 30.3 Å². The summed E-state index contributed by atoms with van der Waals surface area (Å²) in [6, 6.07) is 15.7. The molecule has 4 nitrogen and oxygen atoms in total. The van der Waals surface area contributed by atoms with Crippen LogP contribution in [0.1, 0.15) is 41.1 Å². The monoisotopic (exact) mass is 380 g/mol. The molecule has 2 aliphatic heterocycles. The molecule has 146 valence electrons. The zero-order valence-corrected chi connectivity index (χ0v) is 16.1. The average Bonchev–Trinajstić information content (AvgIpc) is 2.72. The number of hydrogen-bond donors (Lipinski definition) is 0. The molecule has 1 spiro atoms. The predicted octanol–water partition coefficient (Wildman–Crippen LogP) is 3.69. The molecule has 0 radical (unpaired) electrons. The number of nitrogens with zero attached hydrogens (tertiary/aromatic N) is 2. The summed E-state index contributed by atoms with van der Waals surface area (Å²) in [5.74, 6) is -0.313. The Hall–Kier alpha value is -2.69. The Balaban J connectivity index is 1.47. The highest BCUT2D eigenvalue weighted by Gasteiger charge is 2.45. The van der Waals surface area contributed by atoms with Crippen LogP contribution in [0.2, 0.25) is 0 Å². The fraction of sp³-hybridized carbons (Fsp3) is 0.391. The van der Waals surface area contributed by atoms with E-state index < -0.39 is 0 Å². The second-order valence-electron chi connectivity index (χ2n) is 8.16. The van der Waals surface area contributed by atoms with E-state index in [-0.39, 0.29) is 29.0 Å². The van der Waals surface area contributed by atoms with E-state index in [1.807, 2.05) is 47.2 Å². The van der Waals surface area contributed by atoms with Gasteiger partial charge < -0.3 is 9.80 Å². The fourth-order valence-electron chi connectivity index (χ4n) is 4.70. The van der Waals surface area contributed by atoms with Gasteiger partial charge in [0.2, 0.25) is 5.91 Å². The molecular formula is C23H25FN2O2. The molecule has 4 rings (SSSR count). The first-order chi connectivity index (χ1) is 13.5. The SMILES string of the molecule is CN1CC2(CCN(C(=O)c3ccc(F)cc3)CC2)CC(c2ccccc2)C1=O. The molecule has 2 heterocycles. The molecule has 28 heavy (non-hydrogen) atoms.